The van der Waals surface area contributed by atoms with Crippen molar-refractivity contribution in [3.8, 4) is 0 Å². The van der Waals surface area contributed by atoms with E-state index in [1.54, 1.807) is 0 Å². The highest BCUT2D eigenvalue weighted by Gasteiger charge is 2.85. The predicted molar refractivity (Wildman–Crippen MR) is 68.0 cm³/mol. The lowest BCUT2D eigenvalue weighted by Gasteiger charge is -2.25. The zero-order valence-corrected chi connectivity index (χ0v) is 11.4. The topological polar surface area (TPSA) is 25.1 Å². The Morgan fingerprint density at radius 3 is 2.00 bits per heavy atom. The Bertz CT molecular complexity index is 529. The molecule has 2 heterocycles. The van der Waals surface area contributed by atoms with Gasteiger partial charge < -0.3 is 9.47 Å². The van der Waals surface area contributed by atoms with Crippen LogP contribution < -0.4 is 0 Å². The number of epoxide rings is 2. The molecule has 1 saturated carbocycles. The zero-order valence-electron chi connectivity index (χ0n) is 11.4. The van der Waals surface area contributed by atoms with Crippen molar-refractivity contribution in [2.24, 2.45) is 23.7 Å². The Kier molecular flexibility index (Phi) is 1.29. The molecule has 0 aromatic rings. The Balaban J connectivity index is 1.64. The van der Waals surface area contributed by atoms with E-state index < -0.39 is 0 Å². The lowest BCUT2D eigenvalue weighted by atomic mass is 9.74. The maximum atomic E-state index is 6.21. The van der Waals surface area contributed by atoms with Crippen LogP contribution in [0.15, 0.2) is 24.3 Å². The van der Waals surface area contributed by atoms with Crippen molar-refractivity contribution in [3.05, 3.63) is 24.3 Å². The van der Waals surface area contributed by atoms with Gasteiger partial charge in [-0.05, 0) is 33.6 Å². The molecule has 96 valence electrons. The van der Waals surface area contributed by atoms with Gasteiger partial charge in [-0.25, -0.2) is 0 Å². The molecule has 3 fully saturated rings. The summed E-state index contributed by atoms with van der Waals surface area (Å²) in [6.07, 6.45) is 9.57. The molecule has 0 aromatic carbocycles. The molecule has 0 N–H and O–H groups in total. The summed E-state index contributed by atoms with van der Waals surface area (Å²) in [7, 11) is 0. The molecule has 2 aliphatic heterocycles. The normalized spacial score (nSPS) is 62.9. The third-order valence-electron chi connectivity index (χ3n) is 6.44. The monoisotopic (exact) mass is 244 g/mol. The summed E-state index contributed by atoms with van der Waals surface area (Å²) in [5.41, 5.74) is 0.144. The van der Waals surface area contributed by atoms with E-state index in [0.717, 1.165) is 0 Å². The minimum atomic E-state index is -0.00310. The molecule has 0 amide bonds. The standard InChI is InChI=1S/C16H20O2/c1-13(2)15(17-13)8-7-9-10-5-6-11(12(9)15)16(10)14(3,4)18-16/h5-12H,1-4H3. The number of hydrogen-bond acceptors (Lipinski definition) is 2. The van der Waals surface area contributed by atoms with Gasteiger partial charge in [0, 0.05) is 17.8 Å². The number of allylic oxidation sites excluding steroid dienone is 1. The second kappa shape index (κ2) is 2.27. The van der Waals surface area contributed by atoms with Crippen molar-refractivity contribution < 1.29 is 9.47 Å². The lowest BCUT2D eigenvalue weighted by molar-refractivity contribution is 0.196. The smallest absolute Gasteiger partial charge is 0.119 e. The Labute approximate surface area is 108 Å². The summed E-state index contributed by atoms with van der Waals surface area (Å²) in [5, 5.41) is 0. The van der Waals surface area contributed by atoms with Crippen LogP contribution in [0.5, 0.6) is 0 Å². The van der Waals surface area contributed by atoms with Crippen LogP contribution in [0.2, 0.25) is 0 Å². The van der Waals surface area contributed by atoms with Crippen LogP contribution in [0.25, 0.3) is 0 Å². The maximum Gasteiger partial charge on any atom is 0.119 e. The quantitative estimate of drug-likeness (QED) is 0.483. The van der Waals surface area contributed by atoms with E-state index in [1.807, 2.05) is 0 Å². The number of ether oxygens (including phenoxy) is 2. The van der Waals surface area contributed by atoms with Crippen LogP contribution in [-0.4, -0.2) is 22.4 Å². The summed E-state index contributed by atoms with van der Waals surface area (Å²) in [6.45, 7) is 8.94. The fourth-order valence-corrected chi connectivity index (χ4v) is 5.60. The van der Waals surface area contributed by atoms with E-state index in [4.69, 9.17) is 9.47 Å². The first kappa shape index (κ1) is 10.2. The fourth-order valence-electron chi connectivity index (χ4n) is 5.60. The number of rotatable bonds is 0. The number of hydrogen-bond donors (Lipinski definition) is 0. The van der Waals surface area contributed by atoms with E-state index in [-0.39, 0.29) is 22.4 Å². The van der Waals surface area contributed by atoms with E-state index in [0.29, 0.717) is 23.7 Å². The van der Waals surface area contributed by atoms with Gasteiger partial charge in [-0.3, -0.25) is 0 Å². The van der Waals surface area contributed by atoms with Gasteiger partial charge in [0.1, 0.15) is 11.2 Å². The van der Waals surface area contributed by atoms with E-state index in [2.05, 4.69) is 52.0 Å². The average Bonchev–Trinajstić information content (AvgIpc) is 2.80. The van der Waals surface area contributed by atoms with Gasteiger partial charge in [-0.1, -0.05) is 24.3 Å². The first-order chi connectivity index (χ1) is 8.36. The molecule has 2 spiro atoms. The van der Waals surface area contributed by atoms with Gasteiger partial charge in [0.25, 0.3) is 0 Å². The average molecular weight is 244 g/mol. The van der Waals surface area contributed by atoms with E-state index in [1.165, 1.54) is 0 Å². The van der Waals surface area contributed by atoms with Crippen molar-refractivity contribution >= 4 is 0 Å². The highest BCUT2D eigenvalue weighted by atomic mass is 16.6. The Hall–Kier alpha value is -0.600. The molecule has 6 atom stereocenters. The van der Waals surface area contributed by atoms with Gasteiger partial charge in [-0.15, -0.1) is 0 Å². The first-order valence-corrected chi connectivity index (χ1v) is 7.14. The molecule has 2 heteroatoms. The molecule has 5 aliphatic rings. The largest absolute Gasteiger partial charge is 0.362 e. The van der Waals surface area contributed by atoms with Gasteiger partial charge >= 0.3 is 0 Å². The van der Waals surface area contributed by atoms with Crippen LogP contribution in [0.4, 0.5) is 0 Å². The van der Waals surface area contributed by atoms with Crippen LogP contribution >= 0.6 is 0 Å². The molecule has 0 radical (unpaired) electrons. The minimum Gasteiger partial charge on any atom is -0.362 e. The van der Waals surface area contributed by atoms with Crippen molar-refractivity contribution in [3.63, 3.8) is 0 Å². The number of fused-ring (bicyclic) bond motifs is 4. The minimum absolute atomic E-state index is 0.00310. The second-order valence-electron chi connectivity index (χ2n) is 7.71. The maximum absolute atomic E-state index is 6.21. The molecule has 18 heavy (non-hydrogen) atoms. The molecule has 5 rings (SSSR count). The van der Waals surface area contributed by atoms with Crippen LogP contribution in [0, 0.1) is 23.7 Å². The summed E-state index contributed by atoms with van der Waals surface area (Å²) in [4.78, 5) is 0. The van der Waals surface area contributed by atoms with Gasteiger partial charge in [-0.2, -0.15) is 0 Å². The first-order valence-electron chi connectivity index (χ1n) is 7.14. The van der Waals surface area contributed by atoms with Crippen molar-refractivity contribution in [1.82, 2.24) is 0 Å². The molecule has 3 aliphatic carbocycles. The van der Waals surface area contributed by atoms with Gasteiger partial charge in [0.05, 0.1) is 11.2 Å². The highest BCUT2D eigenvalue weighted by molar-refractivity contribution is 5.46. The molecule has 6 unspecified atom stereocenters. The second-order valence-corrected chi connectivity index (χ2v) is 7.71. The molecule has 0 aromatic heterocycles. The third kappa shape index (κ3) is 0.724. The van der Waals surface area contributed by atoms with Crippen LogP contribution in [0.1, 0.15) is 27.7 Å². The lowest BCUT2D eigenvalue weighted by Crippen LogP contribution is -2.35. The van der Waals surface area contributed by atoms with Crippen LogP contribution in [-0.2, 0) is 9.47 Å². The van der Waals surface area contributed by atoms with Gasteiger partial charge in [0.15, 0.2) is 0 Å². The molecular formula is C16H20O2. The SMILES string of the molecule is CC1(C)OC12C=CC1C2C2C=CC1C21OC1(C)C. The summed E-state index contributed by atoms with van der Waals surface area (Å²) < 4.78 is 12.3. The molecule has 2 saturated heterocycles. The predicted octanol–water partition coefficient (Wildman–Crippen LogP) is 2.70. The fraction of sp³-hybridized carbons (Fsp3) is 0.750. The Morgan fingerprint density at radius 1 is 0.833 bits per heavy atom. The third-order valence-corrected chi connectivity index (χ3v) is 6.44. The van der Waals surface area contributed by atoms with Gasteiger partial charge in [0.2, 0.25) is 0 Å². The van der Waals surface area contributed by atoms with Crippen LogP contribution in [0.3, 0.4) is 0 Å². The summed E-state index contributed by atoms with van der Waals surface area (Å²) >= 11 is 0. The van der Waals surface area contributed by atoms with E-state index in [9.17, 15) is 0 Å². The molecular weight excluding hydrogens is 224 g/mol. The Morgan fingerprint density at radius 2 is 1.44 bits per heavy atom. The van der Waals surface area contributed by atoms with E-state index >= 15 is 0 Å². The van der Waals surface area contributed by atoms with Crippen molar-refractivity contribution in [2.45, 2.75) is 50.1 Å². The highest BCUT2D eigenvalue weighted by Crippen LogP contribution is 2.77. The summed E-state index contributed by atoms with van der Waals surface area (Å²) in [5.74, 6) is 2.34. The van der Waals surface area contributed by atoms with Crippen molar-refractivity contribution in [1.29, 1.82) is 0 Å². The van der Waals surface area contributed by atoms with Crippen molar-refractivity contribution in [2.75, 3.05) is 0 Å². The zero-order chi connectivity index (χ0) is 12.6. The summed E-state index contributed by atoms with van der Waals surface area (Å²) in [6, 6.07) is 0. The molecule has 2 bridgehead atoms. The molecule has 2 nitrogen and oxygen atoms in total.